The summed E-state index contributed by atoms with van der Waals surface area (Å²) in [5, 5.41) is 2.91. The van der Waals surface area contributed by atoms with Gasteiger partial charge in [0.1, 0.15) is 23.9 Å². The summed E-state index contributed by atoms with van der Waals surface area (Å²) in [5.41, 5.74) is 1.68. The fourth-order valence-corrected chi connectivity index (χ4v) is 3.62. The predicted molar refractivity (Wildman–Crippen MR) is 108 cm³/mol. The lowest BCUT2D eigenvalue weighted by atomic mass is 10.0. The lowest BCUT2D eigenvalue weighted by Gasteiger charge is -2.27. The van der Waals surface area contributed by atoms with Gasteiger partial charge in [-0.1, -0.05) is 12.1 Å². The summed E-state index contributed by atoms with van der Waals surface area (Å²) in [7, 11) is 3.21. The van der Waals surface area contributed by atoms with Crippen molar-refractivity contribution in [2.45, 2.75) is 31.9 Å². The van der Waals surface area contributed by atoms with E-state index in [1.807, 2.05) is 24.3 Å². The smallest absolute Gasteiger partial charge is 0.318 e. The molecule has 1 heterocycles. The first-order chi connectivity index (χ1) is 14.5. The molecule has 162 valence electrons. The highest BCUT2D eigenvalue weighted by atomic mass is 19.3. The Morgan fingerprint density at radius 3 is 2.73 bits per heavy atom. The van der Waals surface area contributed by atoms with Crippen molar-refractivity contribution in [1.82, 2.24) is 10.2 Å². The first-order valence-corrected chi connectivity index (χ1v) is 9.78. The van der Waals surface area contributed by atoms with E-state index in [2.05, 4.69) is 5.32 Å². The number of rotatable bonds is 8. The standard InChI is InChI=1S/C22H26F2N2O4/c1-28-16-8-9-20(29-2)18(12-16)19-7-4-10-26(19)22(27)25-13-15-5-3-6-17(11-15)30-14-21(23)24/h3,5-6,8-9,11-12,19,21H,4,7,10,13-14H2,1-2H3,(H,25,27). The van der Waals surface area contributed by atoms with Crippen LogP contribution in [0.15, 0.2) is 42.5 Å². The minimum atomic E-state index is -2.53. The molecule has 0 spiro atoms. The van der Waals surface area contributed by atoms with Gasteiger partial charge < -0.3 is 24.4 Å². The number of alkyl halides is 2. The van der Waals surface area contributed by atoms with E-state index in [1.165, 1.54) is 0 Å². The lowest BCUT2D eigenvalue weighted by Crippen LogP contribution is -2.39. The highest BCUT2D eigenvalue weighted by Gasteiger charge is 2.32. The average molecular weight is 420 g/mol. The van der Waals surface area contributed by atoms with Crippen LogP contribution in [0.4, 0.5) is 13.6 Å². The van der Waals surface area contributed by atoms with Crippen LogP contribution in [-0.4, -0.2) is 44.7 Å². The molecule has 0 radical (unpaired) electrons. The van der Waals surface area contributed by atoms with Crippen molar-refractivity contribution in [3.8, 4) is 17.2 Å². The van der Waals surface area contributed by atoms with Crippen LogP contribution in [-0.2, 0) is 6.54 Å². The van der Waals surface area contributed by atoms with E-state index in [0.29, 0.717) is 23.8 Å². The van der Waals surface area contributed by atoms with Gasteiger partial charge in [-0.25, -0.2) is 13.6 Å². The van der Waals surface area contributed by atoms with Crippen LogP contribution in [0.5, 0.6) is 17.2 Å². The minimum absolute atomic E-state index is 0.115. The third-order valence-electron chi connectivity index (χ3n) is 5.03. The van der Waals surface area contributed by atoms with E-state index in [1.54, 1.807) is 37.3 Å². The number of benzene rings is 2. The predicted octanol–water partition coefficient (Wildman–Crippen LogP) is 4.39. The Kier molecular flexibility index (Phi) is 7.32. The fraction of sp³-hybridized carbons (Fsp3) is 0.409. The molecule has 1 unspecified atom stereocenters. The van der Waals surface area contributed by atoms with Gasteiger partial charge in [-0.15, -0.1) is 0 Å². The second kappa shape index (κ2) is 10.1. The van der Waals surface area contributed by atoms with Crippen molar-refractivity contribution in [3.05, 3.63) is 53.6 Å². The highest BCUT2D eigenvalue weighted by molar-refractivity contribution is 5.75. The number of halogens is 2. The van der Waals surface area contributed by atoms with Crippen molar-refractivity contribution < 1.29 is 27.8 Å². The Morgan fingerprint density at radius 2 is 2.00 bits per heavy atom. The van der Waals surface area contributed by atoms with Gasteiger partial charge in [0.15, 0.2) is 0 Å². The number of carbonyl (C=O) groups excluding carboxylic acids is 1. The number of methoxy groups -OCH3 is 2. The Bertz CT molecular complexity index is 863. The number of carbonyl (C=O) groups is 1. The van der Waals surface area contributed by atoms with Crippen LogP contribution < -0.4 is 19.5 Å². The van der Waals surface area contributed by atoms with Gasteiger partial charge in [-0.3, -0.25) is 0 Å². The summed E-state index contributed by atoms with van der Waals surface area (Å²) in [4.78, 5) is 14.7. The molecule has 1 aliphatic heterocycles. The molecule has 30 heavy (non-hydrogen) atoms. The van der Waals surface area contributed by atoms with Crippen LogP contribution >= 0.6 is 0 Å². The Hall–Kier alpha value is -3.03. The van der Waals surface area contributed by atoms with E-state index in [0.717, 1.165) is 24.0 Å². The maximum atomic E-state index is 12.9. The summed E-state index contributed by atoms with van der Waals surface area (Å²) >= 11 is 0. The molecule has 1 saturated heterocycles. The van der Waals surface area contributed by atoms with Crippen molar-refractivity contribution >= 4 is 6.03 Å². The molecular weight excluding hydrogens is 394 g/mol. The zero-order chi connectivity index (χ0) is 21.5. The van der Waals surface area contributed by atoms with Gasteiger partial charge in [0.25, 0.3) is 6.43 Å². The molecule has 0 aromatic heterocycles. The zero-order valence-electron chi connectivity index (χ0n) is 17.1. The number of likely N-dealkylation sites (tertiary alicyclic amines) is 1. The average Bonchev–Trinajstić information content (AvgIpc) is 3.25. The van der Waals surface area contributed by atoms with Crippen molar-refractivity contribution in [2.75, 3.05) is 27.4 Å². The van der Waals surface area contributed by atoms with E-state index >= 15 is 0 Å². The second-order valence-electron chi connectivity index (χ2n) is 6.97. The maximum Gasteiger partial charge on any atom is 0.318 e. The van der Waals surface area contributed by atoms with Gasteiger partial charge in [0.05, 0.1) is 20.3 Å². The van der Waals surface area contributed by atoms with Crippen LogP contribution in [0.1, 0.15) is 30.0 Å². The number of hydrogen-bond acceptors (Lipinski definition) is 4. The quantitative estimate of drug-likeness (QED) is 0.688. The topological polar surface area (TPSA) is 60.0 Å². The van der Waals surface area contributed by atoms with Crippen LogP contribution in [0.25, 0.3) is 0 Å². The summed E-state index contributed by atoms with van der Waals surface area (Å²) < 4.78 is 40.5. The molecule has 1 aliphatic rings. The van der Waals surface area contributed by atoms with Gasteiger partial charge in [0.2, 0.25) is 0 Å². The number of urea groups is 1. The van der Waals surface area contributed by atoms with E-state index in [4.69, 9.17) is 14.2 Å². The molecule has 3 rings (SSSR count). The van der Waals surface area contributed by atoms with Gasteiger partial charge in [-0.05, 0) is 48.7 Å². The molecule has 2 aromatic carbocycles. The van der Waals surface area contributed by atoms with Crippen molar-refractivity contribution in [3.63, 3.8) is 0 Å². The molecule has 2 amide bonds. The SMILES string of the molecule is COc1ccc(OC)c(C2CCCN2C(=O)NCc2cccc(OCC(F)F)c2)c1. The normalized spacial score (nSPS) is 15.9. The number of nitrogens with one attached hydrogen (secondary N) is 1. The Labute approximate surface area is 174 Å². The maximum absolute atomic E-state index is 12.9. The number of ether oxygens (including phenoxy) is 3. The first kappa shape index (κ1) is 21.7. The molecule has 2 aromatic rings. The number of nitrogens with zero attached hydrogens (tertiary/aromatic N) is 1. The van der Waals surface area contributed by atoms with Crippen molar-refractivity contribution in [1.29, 1.82) is 0 Å². The molecule has 0 saturated carbocycles. The molecule has 1 N–H and O–H groups in total. The van der Waals surface area contributed by atoms with Crippen molar-refractivity contribution in [2.24, 2.45) is 0 Å². The monoisotopic (exact) mass is 420 g/mol. The fourth-order valence-electron chi connectivity index (χ4n) is 3.62. The summed E-state index contributed by atoms with van der Waals surface area (Å²) in [6, 6.07) is 12.0. The Morgan fingerprint density at radius 1 is 1.17 bits per heavy atom. The lowest BCUT2D eigenvalue weighted by molar-refractivity contribution is 0.0818. The minimum Gasteiger partial charge on any atom is -0.497 e. The third-order valence-corrected chi connectivity index (χ3v) is 5.03. The van der Waals surface area contributed by atoms with Gasteiger partial charge in [-0.2, -0.15) is 0 Å². The number of amides is 2. The first-order valence-electron chi connectivity index (χ1n) is 9.78. The molecular formula is C22H26F2N2O4. The van der Waals surface area contributed by atoms with E-state index in [9.17, 15) is 13.6 Å². The molecule has 8 heteroatoms. The summed E-state index contributed by atoms with van der Waals surface area (Å²) in [6.45, 7) is 0.241. The molecule has 6 nitrogen and oxygen atoms in total. The highest BCUT2D eigenvalue weighted by Crippen LogP contribution is 2.38. The Balaban J connectivity index is 1.66. The molecule has 0 aliphatic carbocycles. The summed E-state index contributed by atoms with van der Waals surface area (Å²) in [5.74, 6) is 1.77. The second-order valence-corrected chi connectivity index (χ2v) is 6.97. The molecule has 1 atom stereocenters. The largest absolute Gasteiger partial charge is 0.497 e. The zero-order valence-corrected chi connectivity index (χ0v) is 17.1. The van der Waals surface area contributed by atoms with Crippen LogP contribution in [0.3, 0.4) is 0 Å². The van der Waals surface area contributed by atoms with Gasteiger partial charge >= 0.3 is 6.03 Å². The van der Waals surface area contributed by atoms with Gasteiger partial charge in [0, 0.05) is 18.7 Å². The van der Waals surface area contributed by atoms with Crippen LogP contribution in [0.2, 0.25) is 0 Å². The molecule has 1 fully saturated rings. The molecule has 0 bridgehead atoms. The summed E-state index contributed by atoms with van der Waals surface area (Å²) in [6.07, 6.45) is -0.822. The number of hydrogen-bond donors (Lipinski definition) is 1. The van der Waals surface area contributed by atoms with Crippen LogP contribution in [0, 0.1) is 0 Å². The van der Waals surface area contributed by atoms with E-state index < -0.39 is 13.0 Å². The third kappa shape index (κ3) is 5.31. The van der Waals surface area contributed by atoms with E-state index in [-0.39, 0.29) is 18.6 Å².